The van der Waals surface area contributed by atoms with Crippen molar-refractivity contribution in [3.8, 4) is 0 Å². The Morgan fingerprint density at radius 2 is 2.20 bits per heavy atom. The SMILES string of the molecule is CCOCCN1C(=O)CNC(=O)C1CC. The largest absolute Gasteiger partial charge is 0.380 e. The lowest BCUT2D eigenvalue weighted by Crippen LogP contribution is -2.58. The molecule has 1 heterocycles. The van der Waals surface area contributed by atoms with E-state index >= 15 is 0 Å². The van der Waals surface area contributed by atoms with E-state index in [1.807, 2.05) is 13.8 Å². The Morgan fingerprint density at radius 3 is 2.80 bits per heavy atom. The maximum Gasteiger partial charge on any atom is 0.243 e. The Labute approximate surface area is 89.8 Å². The number of nitrogens with one attached hydrogen (secondary N) is 1. The van der Waals surface area contributed by atoms with Crippen molar-refractivity contribution in [1.29, 1.82) is 0 Å². The molecule has 0 radical (unpaired) electrons. The normalized spacial score (nSPS) is 21.7. The second-order valence-electron chi connectivity index (χ2n) is 3.43. The lowest BCUT2D eigenvalue weighted by Gasteiger charge is -2.34. The molecule has 0 aromatic rings. The van der Waals surface area contributed by atoms with Crippen LogP contribution in [0.15, 0.2) is 0 Å². The van der Waals surface area contributed by atoms with Crippen LogP contribution in [0.2, 0.25) is 0 Å². The van der Waals surface area contributed by atoms with Gasteiger partial charge in [-0.1, -0.05) is 6.92 Å². The van der Waals surface area contributed by atoms with Gasteiger partial charge in [-0.2, -0.15) is 0 Å². The summed E-state index contributed by atoms with van der Waals surface area (Å²) in [6.45, 7) is 5.54. The van der Waals surface area contributed by atoms with E-state index in [1.165, 1.54) is 0 Å². The summed E-state index contributed by atoms with van der Waals surface area (Å²) in [5.74, 6) is -0.0882. The number of hydrogen-bond acceptors (Lipinski definition) is 3. The van der Waals surface area contributed by atoms with E-state index in [4.69, 9.17) is 4.74 Å². The molecule has 1 aliphatic rings. The molecule has 1 atom stereocenters. The number of rotatable bonds is 5. The van der Waals surface area contributed by atoms with E-state index in [2.05, 4.69) is 5.32 Å². The fraction of sp³-hybridized carbons (Fsp3) is 0.800. The van der Waals surface area contributed by atoms with Gasteiger partial charge in [-0.3, -0.25) is 9.59 Å². The fourth-order valence-corrected chi connectivity index (χ4v) is 1.69. The molecule has 86 valence electrons. The van der Waals surface area contributed by atoms with Crippen molar-refractivity contribution in [2.75, 3.05) is 26.3 Å². The molecule has 5 nitrogen and oxygen atoms in total. The summed E-state index contributed by atoms with van der Waals surface area (Å²) < 4.78 is 5.19. The van der Waals surface area contributed by atoms with Crippen LogP contribution in [0, 0.1) is 0 Å². The Hall–Kier alpha value is -1.10. The predicted octanol–water partition coefficient (Wildman–Crippen LogP) is -0.240. The van der Waals surface area contributed by atoms with E-state index < -0.39 is 0 Å². The molecule has 2 amide bonds. The van der Waals surface area contributed by atoms with Crippen LogP contribution in [0.25, 0.3) is 0 Å². The number of ether oxygens (including phenoxy) is 1. The highest BCUT2D eigenvalue weighted by atomic mass is 16.5. The summed E-state index contributed by atoms with van der Waals surface area (Å²) in [6, 6.07) is -0.327. The van der Waals surface area contributed by atoms with E-state index in [0.717, 1.165) is 0 Å². The van der Waals surface area contributed by atoms with E-state index in [0.29, 0.717) is 26.2 Å². The highest BCUT2D eigenvalue weighted by molar-refractivity contribution is 5.94. The second-order valence-corrected chi connectivity index (χ2v) is 3.43. The molecule has 5 heteroatoms. The Kier molecular flexibility index (Phi) is 4.55. The molecule has 0 aromatic heterocycles. The monoisotopic (exact) mass is 214 g/mol. The van der Waals surface area contributed by atoms with Crippen LogP contribution in [-0.4, -0.2) is 49.1 Å². The number of hydrogen-bond donors (Lipinski definition) is 1. The zero-order chi connectivity index (χ0) is 11.3. The van der Waals surface area contributed by atoms with E-state index in [9.17, 15) is 9.59 Å². The third kappa shape index (κ3) is 2.92. The van der Waals surface area contributed by atoms with Gasteiger partial charge in [-0.05, 0) is 13.3 Å². The molecule has 1 aliphatic heterocycles. The van der Waals surface area contributed by atoms with Crippen LogP contribution in [0.1, 0.15) is 20.3 Å². The summed E-state index contributed by atoms with van der Waals surface area (Å²) in [5, 5.41) is 2.58. The zero-order valence-corrected chi connectivity index (χ0v) is 9.28. The van der Waals surface area contributed by atoms with Crippen molar-refractivity contribution >= 4 is 11.8 Å². The first-order valence-electron chi connectivity index (χ1n) is 5.35. The minimum absolute atomic E-state index is 0.0267. The van der Waals surface area contributed by atoms with Gasteiger partial charge in [-0.25, -0.2) is 0 Å². The highest BCUT2D eigenvalue weighted by Crippen LogP contribution is 2.08. The van der Waals surface area contributed by atoms with Gasteiger partial charge in [0.2, 0.25) is 11.8 Å². The Morgan fingerprint density at radius 1 is 1.47 bits per heavy atom. The Balaban J connectivity index is 2.54. The minimum Gasteiger partial charge on any atom is -0.380 e. The molecule has 1 unspecified atom stereocenters. The van der Waals surface area contributed by atoms with E-state index in [1.54, 1.807) is 4.90 Å². The number of carbonyl (C=O) groups excluding carboxylic acids is 2. The number of piperazine rings is 1. The maximum absolute atomic E-state index is 11.6. The molecule has 0 spiro atoms. The first-order chi connectivity index (χ1) is 7.20. The van der Waals surface area contributed by atoms with Gasteiger partial charge in [-0.15, -0.1) is 0 Å². The average Bonchev–Trinajstić information content (AvgIpc) is 2.23. The number of amides is 2. The third-order valence-electron chi connectivity index (χ3n) is 2.48. The van der Waals surface area contributed by atoms with Gasteiger partial charge in [0.25, 0.3) is 0 Å². The van der Waals surface area contributed by atoms with Gasteiger partial charge in [0, 0.05) is 13.2 Å². The van der Waals surface area contributed by atoms with Crippen LogP contribution >= 0.6 is 0 Å². The van der Waals surface area contributed by atoms with Crippen molar-refractivity contribution < 1.29 is 14.3 Å². The Bertz CT molecular complexity index is 243. The van der Waals surface area contributed by atoms with Crippen LogP contribution in [0.5, 0.6) is 0 Å². The van der Waals surface area contributed by atoms with Crippen LogP contribution in [0.3, 0.4) is 0 Å². The van der Waals surface area contributed by atoms with Crippen LogP contribution in [-0.2, 0) is 14.3 Å². The molecule has 0 saturated carbocycles. The quantitative estimate of drug-likeness (QED) is 0.643. The molecule has 0 aromatic carbocycles. The molecular formula is C10H18N2O3. The van der Waals surface area contributed by atoms with Gasteiger partial charge < -0.3 is 15.0 Å². The summed E-state index contributed by atoms with van der Waals surface area (Å²) in [7, 11) is 0. The molecule has 15 heavy (non-hydrogen) atoms. The zero-order valence-electron chi connectivity index (χ0n) is 9.28. The van der Waals surface area contributed by atoms with Crippen molar-refractivity contribution in [2.45, 2.75) is 26.3 Å². The highest BCUT2D eigenvalue weighted by Gasteiger charge is 2.32. The summed E-state index contributed by atoms with van der Waals surface area (Å²) in [4.78, 5) is 24.6. The second kappa shape index (κ2) is 5.70. The molecule has 0 aliphatic carbocycles. The topological polar surface area (TPSA) is 58.6 Å². The molecule has 1 fully saturated rings. The lowest BCUT2D eigenvalue weighted by atomic mass is 10.1. The first kappa shape index (κ1) is 12.0. The minimum atomic E-state index is -0.327. The molecule has 0 bridgehead atoms. The summed E-state index contributed by atoms with van der Waals surface area (Å²) in [5.41, 5.74) is 0. The molecule has 1 N–H and O–H groups in total. The van der Waals surface area contributed by atoms with E-state index in [-0.39, 0.29) is 24.4 Å². The average molecular weight is 214 g/mol. The van der Waals surface area contributed by atoms with Crippen molar-refractivity contribution in [3.63, 3.8) is 0 Å². The standard InChI is InChI=1S/C10H18N2O3/c1-3-8-10(14)11-7-9(13)12(8)5-6-15-4-2/h8H,3-7H2,1-2H3,(H,11,14). The van der Waals surface area contributed by atoms with Gasteiger partial charge in [0.05, 0.1) is 13.2 Å². The van der Waals surface area contributed by atoms with Crippen molar-refractivity contribution in [1.82, 2.24) is 10.2 Å². The molecular weight excluding hydrogens is 196 g/mol. The molecule has 1 saturated heterocycles. The number of carbonyl (C=O) groups is 2. The lowest BCUT2D eigenvalue weighted by molar-refractivity contribution is -0.146. The van der Waals surface area contributed by atoms with Gasteiger partial charge >= 0.3 is 0 Å². The van der Waals surface area contributed by atoms with Crippen molar-refractivity contribution in [2.24, 2.45) is 0 Å². The number of nitrogens with zero attached hydrogens (tertiary/aromatic N) is 1. The smallest absolute Gasteiger partial charge is 0.243 e. The predicted molar refractivity (Wildman–Crippen MR) is 55.3 cm³/mol. The van der Waals surface area contributed by atoms with Crippen molar-refractivity contribution in [3.05, 3.63) is 0 Å². The fourth-order valence-electron chi connectivity index (χ4n) is 1.69. The molecule has 1 rings (SSSR count). The maximum atomic E-state index is 11.6. The summed E-state index contributed by atoms with van der Waals surface area (Å²) >= 11 is 0. The first-order valence-corrected chi connectivity index (χ1v) is 5.35. The van der Waals surface area contributed by atoms with Crippen LogP contribution in [0.4, 0.5) is 0 Å². The third-order valence-corrected chi connectivity index (χ3v) is 2.48. The summed E-state index contributed by atoms with van der Waals surface area (Å²) in [6.07, 6.45) is 0.643. The van der Waals surface area contributed by atoms with Gasteiger partial charge in [0.15, 0.2) is 0 Å². The van der Waals surface area contributed by atoms with Crippen LogP contribution < -0.4 is 5.32 Å². The van der Waals surface area contributed by atoms with Gasteiger partial charge in [0.1, 0.15) is 6.04 Å².